The van der Waals surface area contributed by atoms with Crippen molar-refractivity contribution in [3.8, 4) is 39.6 Å². The zero-order valence-corrected chi connectivity index (χ0v) is 26.7. The number of hydrogen-bond acceptors (Lipinski definition) is 4. The summed E-state index contributed by atoms with van der Waals surface area (Å²) < 4.78 is 0. The van der Waals surface area contributed by atoms with E-state index in [9.17, 15) is 5.26 Å². The topological polar surface area (TPSA) is 49.6 Å². The largest absolute Gasteiger partial charge is 0.254 e. The molecule has 0 saturated heterocycles. The molecule has 1 fully saturated rings. The second kappa shape index (κ2) is 11.2. The van der Waals surface area contributed by atoms with E-state index < -0.39 is 0 Å². The Hall–Kier alpha value is -5.24. The molecule has 0 N–H and O–H groups in total. The lowest BCUT2D eigenvalue weighted by Gasteiger charge is -2.43. The fourth-order valence-electron chi connectivity index (χ4n) is 7.81. The fourth-order valence-corrected chi connectivity index (χ4v) is 9.07. The maximum atomic E-state index is 9.44. The summed E-state index contributed by atoms with van der Waals surface area (Å²) in [6, 6.07) is 45.7. The van der Waals surface area contributed by atoms with Gasteiger partial charge in [-0.1, -0.05) is 91.7 Å². The normalized spacial score (nSPS) is 14.9. The predicted octanol–water partition coefficient (Wildman–Crippen LogP) is 11.4. The summed E-state index contributed by atoms with van der Waals surface area (Å²) in [5.74, 6) is 0. The smallest absolute Gasteiger partial charge is 0.0991 e. The van der Waals surface area contributed by atoms with Gasteiger partial charge < -0.3 is 0 Å². The van der Waals surface area contributed by atoms with Crippen LogP contribution in [0.4, 0.5) is 0 Å². The van der Waals surface area contributed by atoms with Gasteiger partial charge in [0.25, 0.3) is 0 Å². The highest BCUT2D eigenvalue weighted by Gasteiger charge is 2.41. The zero-order valence-electron chi connectivity index (χ0n) is 25.9. The van der Waals surface area contributed by atoms with Gasteiger partial charge in [-0.2, -0.15) is 5.26 Å². The molecule has 2 aromatic heterocycles. The Morgan fingerprint density at radius 2 is 1.28 bits per heavy atom. The first-order valence-electron chi connectivity index (χ1n) is 16.4. The van der Waals surface area contributed by atoms with E-state index in [1.165, 1.54) is 58.6 Å². The average Bonchev–Trinajstić information content (AvgIpc) is 3.15. The minimum Gasteiger partial charge on any atom is -0.254 e. The highest BCUT2D eigenvalue weighted by molar-refractivity contribution is 7.99. The first-order chi connectivity index (χ1) is 23.2. The molecule has 9 rings (SSSR count). The predicted molar refractivity (Wildman–Crippen MR) is 192 cm³/mol. The summed E-state index contributed by atoms with van der Waals surface area (Å²) in [7, 11) is 0. The first kappa shape index (κ1) is 28.0. The van der Waals surface area contributed by atoms with E-state index in [4.69, 9.17) is 9.97 Å². The third kappa shape index (κ3) is 4.73. The standard InChI is InChI=1S/C43H31N3S/c44-27-28-10-12-29(13-11-28)33-23-34(25-35(24-33)38-18-16-31-15-14-30-7-6-22-45-41(30)42(31)46-38)32-17-19-40-37(26-32)43(20-4-1-5-21-43)36-8-2-3-9-39(36)47-40/h2-3,6-19,22-26H,1,4-5,20-21H2. The van der Waals surface area contributed by atoms with Gasteiger partial charge in [-0.15, -0.1) is 0 Å². The SMILES string of the molecule is N#Cc1ccc(-c2cc(-c3ccc4c(c3)C3(CCCCC3)c3ccccc3S4)cc(-c3ccc4ccc5cccnc5c4n3)c2)cc1. The number of pyridine rings is 2. The van der Waals surface area contributed by atoms with Crippen LogP contribution >= 0.6 is 11.8 Å². The van der Waals surface area contributed by atoms with Crippen LogP contribution < -0.4 is 0 Å². The molecule has 3 nitrogen and oxygen atoms in total. The van der Waals surface area contributed by atoms with Crippen molar-refractivity contribution in [3.05, 3.63) is 144 Å². The van der Waals surface area contributed by atoms with Gasteiger partial charge in [-0.25, -0.2) is 4.98 Å². The molecule has 4 heteroatoms. The minimum atomic E-state index is 0.0625. The summed E-state index contributed by atoms with van der Waals surface area (Å²) in [6.45, 7) is 0. The van der Waals surface area contributed by atoms with Crippen molar-refractivity contribution >= 4 is 33.6 Å². The summed E-state index contributed by atoms with van der Waals surface area (Å²) >= 11 is 1.92. The van der Waals surface area contributed by atoms with Gasteiger partial charge in [0.05, 0.1) is 28.4 Å². The molecule has 0 amide bonds. The third-order valence-corrected chi connectivity index (χ3v) is 11.3. The maximum absolute atomic E-state index is 9.44. The Morgan fingerprint density at radius 1 is 0.574 bits per heavy atom. The Bertz CT molecular complexity index is 2380. The first-order valence-corrected chi connectivity index (χ1v) is 17.2. The van der Waals surface area contributed by atoms with Crippen molar-refractivity contribution in [2.24, 2.45) is 0 Å². The van der Waals surface area contributed by atoms with Gasteiger partial charge in [0.1, 0.15) is 0 Å². The Balaban J connectivity index is 1.23. The van der Waals surface area contributed by atoms with Gasteiger partial charge in [0.15, 0.2) is 0 Å². The van der Waals surface area contributed by atoms with Crippen LogP contribution in [0.2, 0.25) is 0 Å². The Labute approximate surface area is 279 Å². The molecule has 0 atom stereocenters. The number of rotatable bonds is 3. The quantitative estimate of drug-likeness (QED) is 0.184. The molecule has 1 aliphatic carbocycles. The number of nitriles is 1. The summed E-state index contributed by atoms with van der Waals surface area (Å²) in [6.07, 6.45) is 8.06. The minimum absolute atomic E-state index is 0.0625. The lowest BCUT2D eigenvalue weighted by Crippen LogP contribution is -2.33. The van der Waals surface area contributed by atoms with Crippen LogP contribution in [-0.4, -0.2) is 9.97 Å². The van der Waals surface area contributed by atoms with Crippen molar-refractivity contribution in [2.45, 2.75) is 47.3 Å². The van der Waals surface area contributed by atoms with E-state index in [-0.39, 0.29) is 5.41 Å². The molecule has 1 saturated carbocycles. The molecule has 1 spiro atoms. The van der Waals surface area contributed by atoms with E-state index in [2.05, 4.69) is 97.1 Å². The lowest BCUT2D eigenvalue weighted by molar-refractivity contribution is 0.335. The molecule has 47 heavy (non-hydrogen) atoms. The zero-order chi connectivity index (χ0) is 31.4. The van der Waals surface area contributed by atoms with Gasteiger partial charge in [-0.05, 0) is 107 Å². The van der Waals surface area contributed by atoms with Crippen LogP contribution in [0, 0.1) is 11.3 Å². The van der Waals surface area contributed by atoms with Crippen molar-refractivity contribution in [1.82, 2.24) is 9.97 Å². The Morgan fingerprint density at radius 3 is 2.11 bits per heavy atom. The monoisotopic (exact) mass is 621 g/mol. The molecule has 224 valence electrons. The molecule has 1 aliphatic heterocycles. The number of aromatic nitrogens is 2. The van der Waals surface area contributed by atoms with Gasteiger partial charge in [-0.3, -0.25) is 4.98 Å². The molecule has 2 aliphatic rings. The maximum Gasteiger partial charge on any atom is 0.0991 e. The van der Waals surface area contributed by atoms with E-state index in [1.807, 2.05) is 48.3 Å². The van der Waals surface area contributed by atoms with Crippen LogP contribution in [0.5, 0.6) is 0 Å². The number of fused-ring (bicyclic) bond motifs is 7. The number of nitrogens with zero attached hydrogens (tertiary/aromatic N) is 3. The van der Waals surface area contributed by atoms with E-state index in [1.54, 1.807) is 0 Å². The molecule has 0 unspecified atom stereocenters. The van der Waals surface area contributed by atoms with Gasteiger partial charge >= 0.3 is 0 Å². The van der Waals surface area contributed by atoms with Crippen molar-refractivity contribution in [1.29, 1.82) is 5.26 Å². The highest BCUT2D eigenvalue weighted by Crippen LogP contribution is 2.56. The number of hydrogen-bond donors (Lipinski definition) is 0. The molecular weight excluding hydrogens is 591 g/mol. The molecule has 0 bridgehead atoms. The second-order valence-electron chi connectivity index (χ2n) is 12.8. The lowest BCUT2D eigenvalue weighted by atomic mass is 9.64. The van der Waals surface area contributed by atoms with Crippen molar-refractivity contribution in [3.63, 3.8) is 0 Å². The van der Waals surface area contributed by atoms with Crippen molar-refractivity contribution < 1.29 is 0 Å². The van der Waals surface area contributed by atoms with Gasteiger partial charge in [0.2, 0.25) is 0 Å². The molecule has 7 aromatic rings. The van der Waals surface area contributed by atoms with E-state index >= 15 is 0 Å². The van der Waals surface area contributed by atoms with Crippen LogP contribution in [-0.2, 0) is 5.41 Å². The van der Waals surface area contributed by atoms with Crippen LogP contribution in [0.1, 0.15) is 48.8 Å². The Kier molecular flexibility index (Phi) is 6.69. The fraction of sp³-hybridized carbons (Fsp3) is 0.140. The molecular formula is C43H31N3S. The van der Waals surface area contributed by atoms with Gasteiger partial charge in [0, 0.05) is 37.7 Å². The second-order valence-corrected chi connectivity index (χ2v) is 13.9. The highest BCUT2D eigenvalue weighted by atomic mass is 32.2. The number of benzene rings is 5. The van der Waals surface area contributed by atoms with Crippen LogP contribution in [0.15, 0.2) is 137 Å². The van der Waals surface area contributed by atoms with E-state index in [0.29, 0.717) is 5.56 Å². The molecule has 5 aromatic carbocycles. The molecule has 0 radical (unpaired) electrons. The summed E-state index contributed by atoms with van der Waals surface area (Å²) in [5, 5.41) is 11.6. The van der Waals surface area contributed by atoms with Crippen molar-refractivity contribution in [2.75, 3.05) is 0 Å². The third-order valence-electron chi connectivity index (χ3n) is 10.2. The van der Waals surface area contributed by atoms with E-state index in [0.717, 1.165) is 49.8 Å². The molecule has 3 heterocycles. The summed E-state index contributed by atoms with van der Waals surface area (Å²) in [5.41, 5.74) is 12.1. The van der Waals surface area contributed by atoms with Crippen LogP contribution in [0.25, 0.3) is 55.3 Å². The average molecular weight is 622 g/mol. The summed E-state index contributed by atoms with van der Waals surface area (Å²) in [4.78, 5) is 12.7. The van der Waals surface area contributed by atoms with Crippen LogP contribution in [0.3, 0.4) is 0 Å².